The van der Waals surface area contributed by atoms with Gasteiger partial charge in [-0.25, -0.2) is 4.39 Å². The molecule has 2 aromatic rings. The molecule has 1 atom stereocenters. The van der Waals surface area contributed by atoms with E-state index in [0.717, 1.165) is 26.1 Å². The second kappa shape index (κ2) is 5.93. The molecule has 0 saturated carbocycles. The van der Waals surface area contributed by atoms with Crippen LogP contribution in [0.5, 0.6) is 0 Å². The highest BCUT2D eigenvalue weighted by molar-refractivity contribution is 5.53. The summed E-state index contributed by atoms with van der Waals surface area (Å²) in [7, 11) is 0. The number of hydrogen-bond donors (Lipinski definition) is 0. The van der Waals surface area contributed by atoms with E-state index in [1.807, 2.05) is 0 Å². The van der Waals surface area contributed by atoms with E-state index in [4.69, 9.17) is 4.42 Å². The number of benzene rings is 1. The molecule has 0 radical (unpaired) electrons. The van der Waals surface area contributed by atoms with Gasteiger partial charge >= 0.3 is 0 Å². The Labute approximate surface area is 124 Å². The van der Waals surface area contributed by atoms with Crippen molar-refractivity contribution in [1.29, 1.82) is 0 Å². The zero-order valence-corrected chi connectivity index (χ0v) is 12.4. The van der Waals surface area contributed by atoms with Crippen molar-refractivity contribution in [3.63, 3.8) is 0 Å². The van der Waals surface area contributed by atoms with Gasteiger partial charge in [0.1, 0.15) is 5.82 Å². The quantitative estimate of drug-likeness (QED) is 0.866. The van der Waals surface area contributed by atoms with Crippen molar-refractivity contribution in [2.24, 2.45) is 5.92 Å². The van der Waals surface area contributed by atoms with Crippen molar-refractivity contribution in [3.8, 4) is 11.5 Å². The van der Waals surface area contributed by atoms with Crippen molar-refractivity contribution in [2.75, 3.05) is 19.6 Å². The number of nitrogens with zero attached hydrogens (tertiary/aromatic N) is 3. The molecule has 5 heteroatoms. The zero-order valence-electron chi connectivity index (χ0n) is 12.4. The van der Waals surface area contributed by atoms with Crippen molar-refractivity contribution in [1.82, 2.24) is 15.1 Å². The maximum absolute atomic E-state index is 13.7. The van der Waals surface area contributed by atoms with Gasteiger partial charge in [-0.3, -0.25) is 0 Å². The Morgan fingerprint density at radius 1 is 1.33 bits per heavy atom. The van der Waals surface area contributed by atoms with Crippen LogP contribution in [0.1, 0.15) is 32.1 Å². The SMILES string of the molecule is CC(C)CN1CCC(c2nnc(-c3ccccc3F)o2)C1. The van der Waals surface area contributed by atoms with Crippen LogP contribution in [0.3, 0.4) is 0 Å². The van der Waals surface area contributed by atoms with Crippen molar-refractivity contribution < 1.29 is 8.81 Å². The highest BCUT2D eigenvalue weighted by Crippen LogP contribution is 2.29. The van der Waals surface area contributed by atoms with Gasteiger partial charge in [0.25, 0.3) is 5.89 Å². The number of aromatic nitrogens is 2. The molecule has 0 spiro atoms. The molecule has 21 heavy (non-hydrogen) atoms. The Morgan fingerprint density at radius 3 is 2.90 bits per heavy atom. The molecule has 0 aliphatic carbocycles. The summed E-state index contributed by atoms with van der Waals surface area (Å²) >= 11 is 0. The predicted molar refractivity (Wildman–Crippen MR) is 78.3 cm³/mol. The summed E-state index contributed by atoms with van der Waals surface area (Å²) in [6.45, 7) is 7.52. The Hall–Kier alpha value is -1.75. The van der Waals surface area contributed by atoms with E-state index in [1.165, 1.54) is 6.07 Å². The van der Waals surface area contributed by atoms with Gasteiger partial charge < -0.3 is 9.32 Å². The molecule has 1 aliphatic heterocycles. The molecular weight excluding hydrogens is 269 g/mol. The first-order valence-electron chi connectivity index (χ1n) is 7.44. The van der Waals surface area contributed by atoms with E-state index in [-0.39, 0.29) is 17.6 Å². The fourth-order valence-corrected chi connectivity index (χ4v) is 2.86. The average Bonchev–Trinajstić information content (AvgIpc) is 3.07. The molecule has 1 saturated heterocycles. The van der Waals surface area contributed by atoms with Crippen LogP contribution in [-0.4, -0.2) is 34.7 Å². The van der Waals surface area contributed by atoms with Crippen LogP contribution in [0, 0.1) is 11.7 Å². The average molecular weight is 289 g/mol. The van der Waals surface area contributed by atoms with Gasteiger partial charge in [-0.15, -0.1) is 10.2 Å². The van der Waals surface area contributed by atoms with E-state index in [0.29, 0.717) is 17.4 Å². The minimum atomic E-state index is -0.333. The van der Waals surface area contributed by atoms with Crippen LogP contribution in [-0.2, 0) is 0 Å². The largest absolute Gasteiger partial charge is 0.420 e. The highest BCUT2D eigenvalue weighted by atomic mass is 19.1. The summed E-state index contributed by atoms with van der Waals surface area (Å²) in [6, 6.07) is 6.48. The first-order valence-corrected chi connectivity index (χ1v) is 7.44. The number of hydrogen-bond acceptors (Lipinski definition) is 4. The molecule has 0 N–H and O–H groups in total. The first kappa shape index (κ1) is 14.2. The Balaban J connectivity index is 1.73. The third kappa shape index (κ3) is 3.13. The number of halogens is 1. The Kier molecular flexibility index (Phi) is 4.01. The van der Waals surface area contributed by atoms with Crippen LogP contribution in [0.2, 0.25) is 0 Å². The summed E-state index contributed by atoms with van der Waals surface area (Å²) in [5.74, 6) is 1.47. The minimum Gasteiger partial charge on any atom is -0.420 e. The van der Waals surface area contributed by atoms with Crippen LogP contribution in [0.15, 0.2) is 28.7 Å². The van der Waals surface area contributed by atoms with Crippen LogP contribution in [0.4, 0.5) is 4.39 Å². The van der Waals surface area contributed by atoms with E-state index >= 15 is 0 Å². The van der Waals surface area contributed by atoms with Gasteiger partial charge in [0, 0.05) is 13.1 Å². The van der Waals surface area contributed by atoms with E-state index in [2.05, 4.69) is 28.9 Å². The summed E-state index contributed by atoms with van der Waals surface area (Å²) in [4.78, 5) is 2.42. The molecule has 1 aromatic carbocycles. The van der Waals surface area contributed by atoms with E-state index in [9.17, 15) is 4.39 Å². The second-order valence-electron chi connectivity index (χ2n) is 6.06. The molecule has 1 aliphatic rings. The maximum atomic E-state index is 13.7. The molecule has 2 heterocycles. The van der Waals surface area contributed by atoms with E-state index in [1.54, 1.807) is 18.2 Å². The van der Waals surface area contributed by atoms with Gasteiger partial charge in [-0.1, -0.05) is 26.0 Å². The first-order chi connectivity index (χ1) is 10.1. The number of rotatable bonds is 4. The Bertz CT molecular complexity index is 611. The minimum absolute atomic E-state index is 0.261. The monoisotopic (exact) mass is 289 g/mol. The fraction of sp³-hybridized carbons (Fsp3) is 0.500. The van der Waals surface area contributed by atoms with Crippen molar-refractivity contribution >= 4 is 0 Å². The molecule has 3 rings (SSSR count). The van der Waals surface area contributed by atoms with Crippen LogP contribution >= 0.6 is 0 Å². The van der Waals surface area contributed by atoms with E-state index < -0.39 is 0 Å². The molecular formula is C16H20FN3O. The smallest absolute Gasteiger partial charge is 0.250 e. The summed E-state index contributed by atoms with van der Waals surface area (Å²) < 4.78 is 19.4. The molecule has 1 fully saturated rings. The topological polar surface area (TPSA) is 42.2 Å². The number of likely N-dealkylation sites (tertiary alicyclic amines) is 1. The maximum Gasteiger partial charge on any atom is 0.250 e. The fourth-order valence-electron chi connectivity index (χ4n) is 2.86. The lowest BCUT2D eigenvalue weighted by Crippen LogP contribution is -2.24. The van der Waals surface area contributed by atoms with Crippen LogP contribution in [0.25, 0.3) is 11.5 Å². The van der Waals surface area contributed by atoms with Gasteiger partial charge in [0.2, 0.25) is 5.89 Å². The second-order valence-corrected chi connectivity index (χ2v) is 6.06. The van der Waals surface area contributed by atoms with Gasteiger partial charge in [-0.2, -0.15) is 0 Å². The lowest BCUT2D eigenvalue weighted by Gasteiger charge is -2.17. The summed E-state index contributed by atoms with van der Waals surface area (Å²) in [6.07, 6.45) is 1.02. The predicted octanol–water partition coefficient (Wildman–Crippen LogP) is 3.32. The molecule has 0 amide bonds. The molecule has 1 aromatic heterocycles. The van der Waals surface area contributed by atoms with Gasteiger partial charge in [-0.05, 0) is 31.0 Å². The van der Waals surface area contributed by atoms with Crippen LogP contribution < -0.4 is 0 Å². The normalized spacial score (nSPS) is 19.5. The Morgan fingerprint density at radius 2 is 2.14 bits per heavy atom. The highest BCUT2D eigenvalue weighted by Gasteiger charge is 2.28. The summed E-state index contributed by atoms with van der Waals surface area (Å²) in [5, 5.41) is 8.12. The lowest BCUT2D eigenvalue weighted by molar-refractivity contribution is 0.290. The van der Waals surface area contributed by atoms with Gasteiger partial charge in [0.15, 0.2) is 0 Å². The third-order valence-electron chi connectivity index (χ3n) is 3.79. The van der Waals surface area contributed by atoms with Crippen molar-refractivity contribution in [2.45, 2.75) is 26.2 Å². The molecule has 4 nitrogen and oxygen atoms in total. The summed E-state index contributed by atoms with van der Waals surface area (Å²) in [5.41, 5.74) is 0.369. The third-order valence-corrected chi connectivity index (χ3v) is 3.79. The molecule has 1 unspecified atom stereocenters. The standard InChI is InChI=1S/C16H20FN3O/c1-11(2)9-20-8-7-12(10-20)15-18-19-16(21-15)13-5-3-4-6-14(13)17/h3-6,11-12H,7-10H2,1-2H3. The van der Waals surface area contributed by atoms with Gasteiger partial charge in [0.05, 0.1) is 11.5 Å². The van der Waals surface area contributed by atoms with Crippen molar-refractivity contribution in [3.05, 3.63) is 36.0 Å². The molecule has 112 valence electrons. The lowest BCUT2D eigenvalue weighted by atomic mass is 10.1. The zero-order chi connectivity index (χ0) is 14.8. The molecule has 0 bridgehead atoms.